The minimum Gasteiger partial charge on any atom is -0.378 e. The summed E-state index contributed by atoms with van der Waals surface area (Å²) >= 11 is 0. The first-order chi connectivity index (χ1) is 15.1. The first-order valence-electron chi connectivity index (χ1n) is 11.6. The third-order valence-electron chi connectivity index (χ3n) is 6.94. The van der Waals surface area contributed by atoms with Gasteiger partial charge >= 0.3 is 0 Å². The summed E-state index contributed by atoms with van der Waals surface area (Å²) < 4.78 is 5.39. The predicted octanol–water partition coefficient (Wildman–Crippen LogP) is 2.07. The largest absolute Gasteiger partial charge is 0.378 e. The Morgan fingerprint density at radius 2 is 1.52 bits per heavy atom. The van der Waals surface area contributed by atoms with E-state index in [0.717, 1.165) is 38.5 Å². The van der Waals surface area contributed by atoms with E-state index in [0.29, 0.717) is 45.0 Å². The van der Waals surface area contributed by atoms with E-state index in [9.17, 15) is 14.4 Å². The minimum atomic E-state index is -0.575. The van der Waals surface area contributed by atoms with Gasteiger partial charge < -0.3 is 19.9 Å². The van der Waals surface area contributed by atoms with Gasteiger partial charge in [-0.25, -0.2) is 0 Å². The molecule has 2 heterocycles. The fraction of sp³-hybridized carbons (Fsp3) is 0.625. The monoisotopic (exact) mass is 427 g/mol. The maximum atomic E-state index is 13.4. The first kappa shape index (κ1) is 21.8. The van der Waals surface area contributed by atoms with Crippen molar-refractivity contribution in [2.75, 3.05) is 39.4 Å². The highest BCUT2D eigenvalue weighted by atomic mass is 16.5. The molecule has 31 heavy (non-hydrogen) atoms. The summed E-state index contributed by atoms with van der Waals surface area (Å²) in [6.07, 6.45) is 5.76. The average Bonchev–Trinajstić information content (AvgIpc) is 3.38. The van der Waals surface area contributed by atoms with E-state index in [4.69, 9.17) is 4.74 Å². The van der Waals surface area contributed by atoms with Crippen LogP contribution in [0.25, 0.3) is 0 Å². The average molecular weight is 428 g/mol. The molecule has 7 nitrogen and oxygen atoms in total. The summed E-state index contributed by atoms with van der Waals surface area (Å²) in [6, 6.07) is 8.45. The molecule has 0 aromatic heterocycles. The zero-order chi connectivity index (χ0) is 21.6. The van der Waals surface area contributed by atoms with Crippen molar-refractivity contribution in [2.24, 2.45) is 11.8 Å². The summed E-state index contributed by atoms with van der Waals surface area (Å²) in [5, 5.41) is 3.02. The number of morpholine rings is 1. The van der Waals surface area contributed by atoms with Crippen molar-refractivity contribution in [2.45, 2.75) is 44.6 Å². The number of carbonyl (C=O) groups is 3. The van der Waals surface area contributed by atoms with Gasteiger partial charge in [-0.15, -0.1) is 0 Å². The van der Waals surface area contributed by atoms with Gasteiger partial charge in [0, 0.05) is 37.7 Å². The zero-order valence-electron chi connectivity index (χ0n) is 18.1. The molecule has 0 radical (unpaired) electrons. The second kappa shape index (κ2) is 10.3. The molecular weight excluding hydrogens is 394 g/mol. The Morgan fingerprint density at radius 1 is 0.871 bits per heavy atom. The molecule has 7 heteroatoms. The highest BCUT2D eigenvalue weighted by Gasteiger charge is 2.37. The van der Waals surface area contributed by atoms with E-state index >= 15 is 0 Å². The van der Waals surface area contributed by atoms with Crippen molar-refractivity contribution in [1.29, 1.82) is 0 Å². The van der Waals surface area contributed by atoms with Gasteiger partial charge in [0.1, 0.15) is 6.04 Å². The van der Waals surface area contributed by atoms with E-state index in [-0.39, 0.29) is 29.6 Å². The van der Waals surface area contributed by atoms with E-state index in [1.54, 1.807) is 17.0 Å². The number of rotatable bonds is 5. The molecule has 2 aliphatic heterocycles. The first-order valence-corrected chi connectivity index (χ1v) is 11.6. The number of nitrogens with one attached hydrogen (secondary N) is 1. The number of benzene rings is 1. The lowest BCUT2D eigenvalue weighted by molar-refractivity contribution is -0.140. The Morgan fingerprint density at radius 3 is 2.16 bits per heavy atom. The Hall–Kier alpha value is -2.41. The lowest BCUT2D eigenvalue weighted by atomic mass is 9.87. The summed E-state index contributed by atoms with van der Waals surface area (Å²) in [5.41, 5.74) is 0.552. The molecule has 2 saturated heterocycles. The molecule has 0 bridgehead atoms. The summed E-state index contributed by atoms with van der Waals surface area (Å²) in [5.74, 6) is 0.223. The third kappa shape index (κ3) is 5.26. The lowest BCUT2D eigenvalue weighted by Gasteiger charge is -2.39. The Labute approximate surface area is 184 Å². The van der Waals surface area contributed by atoms with Crippen LogP contribution in [0.1, 0.15) is 48.9 Å². The molecule has 1 aliphatic carbocycles. The number of carbonyl (C=O) groups excluding carboxylic acids is 3. The van der Waals surface area contributed by atoms with Gasteiger partial charge in [0.05, 0.1) is 13.2 Å². The molecule has 1 saturated carbocycles. The molecule has 1 aromatic rings. The number of hydrogen-bond acceptors (Lipinski definition) is 4. The van der Waals surface area contributed by atoms with E-state index in [1.807, 2.05) is 23.1 Å². The zero-order valence-corrected chi connectivity index (χ0v) is 18.1. The van der Waals surface area contributed by atoms with Crippen molar-refractivity contribution in [3.8, 4) is 0 Å². The van der Waals surface area contributed by atoms with Gasteiger partial charge in [-0.1, -0.05) is 31.0 Å². The fourth-order valence-electron chi connectivity index (χ4n) is 5.06. The summed E-state index contributed by atoms with van der Waals surface area (Å²) in [7, 11) is 0. The third-order valence-corrected chi connectivity index (χ3v) is 6.94. The van der Waals surface area contributed by atoms with E-state index in [2.05, 4.69) is 5.32 Å². The van der Waals surface area contributed by atoms with Gasteiger partial charge in [-0.2, -0.15) is 0 Å². The molecule has 1 N–H and O–H groups in total. The van der Waals surface area contributed by atoms with Gasteiger partial charge in [-0.3, -0.25) is 14.4 Å². The normalized spacial score (nSPS) is 21.7. The maximum absolute atomic E-state index is 13.4. The van der Waals surface area contributed by atoms with Crippen LogP contribution in [-0.4, -0.2) is 73.0 Å². The van der Waals surface area contributed by atoms with Crippen LogP contribution in [0.3, 0.4) is 0 Å². The number of amides is 3. The Balaban J connectivity index is 1.43. The van der Waals surface area contributed by atoms with Gasteiger partial charge in [-0.05, 0) is 43.7 Å². The van der Waals surface area contributed by atoms with E-state index in [1.165, 1.54) is 0 Å². The SMILES string of the molecule is O=C(NC(C(=O)N1CCOCC1)C1CCN(C(=O)C2CCCC2)CC1)c1ccccc1. The van der Waals surface area contributed by atoms with Crippen LogP contribution < -0.4 is 5.32 Å². The van der Waals surface area contributed by atoms with E-state index < -0.39 is 6.04 Å². The fourth-order valence-corrected chi connectivity index (χ4v) is 5.06. The standard InChI is InChI=1S/C24H33N3O4/c28-22(19-6-2-1-3-7-19)25-21(24(30)27-14-16-31-17-15-27)18-10-12-26(13-11-18)23(29)20-8-4-5-9-20/h1-3,6-7,18,20-21H,4-5,8-17H2,(H,25,28). The number of piperidine rings is 1. The van der Waals surface area contributed by atoms with Crippen molar-refractivity contribution < 1.29 is 19.1 Å². The van der Waals surface area contributed by atoms with Crippen molar-refractivity contribution in [1.82, 2.24) is 15.1 Å². The highest BCUT2D eigenvalue weighted by molar-refractivity contribution is 5.97. The summed E-state index contributed by atoms with van der Waals surface area (Å²) in [6.45, 7) is 3.48. The molecule has 1 unspecified atom stereocenters. The number of likely N-dealkylation sites (tertiary alicyclic amines) is 1. The van der Waals surface area contributed by atoms with Crippen molar-refractivity contribution in [3.05, 3.63) is 35.9 Å². The highest BCUT2D eigenvalue weighted by Crippen LogP contribution is 2.29. The van der Waals surface area contributed by atoms with Crippen LogP contribution in [0.4, 0.5) is 0 Å². The number of hydrogen-bond donors (Lipinski definition) is 1. The molecule has 3 amide bonds. The second-order valence-electron chi connectivity index (χ2n) is 8.90. The minimum absolute atomic E-state index is 0.0237. The molecule has 0 spiro atoms. The van der Waals surface area contributed by atoms with Crippen LogP contribution in [-0.2, 0) is 14.3 Å². The Kier molecular flexibility index (Phi) is 7.22. The molecular formula is C24H33N3O4. The summed E-state index contributed by atoms with van der Waals surface area (Å²) in [4.78, 5) is 42.8. The van der Waals surface area contributed by atoms with Crippen LogP contribution in [0.2, 0.25) is 0 Å². The lowest BCUT2D eigenvalue weighted by Crippen LogP contribution is -2.56. The van der Waals surface area contributed by atoms with Crippen LogP contribution in [0.5, 0.6) is 0 Å². The second-order valence-corrected chi connectivity index (χ2v) is 8.90. The molecule has 3 fully saturated rings. The molecule has 4 rings (SSSR count). The maximum Gasteiger partial charge on any atom is 0.251 e. The number of ether oxygens (including phenoxy) is 1. The molecule has 3 aliphatic rings. The van der Waals surface area contributed by atoms with Crippen molar-refractivity contribution >= 4 is 17.7 Å². The molecule has 1 atom stereocenters. The smallest absolute Gasteiger partial charge is 0.251 e. The Bertz CT molecular complexity index is 764. The molecule has 168 valence electrons. The quantitative estimate of drug-likeness (QED) is 0.780. The van der Waals surface area contributed by atoms with Crippen LogP contribution in [0.15, 0.2) is 30.3 Å². The topological polar surface area (TPSA) is 79.0 Å². The van der Waals surface area contributed by atoms with Gasteiger partial charge in [0.25, 0.3) is 5.91 Å². The molecule has 1 aromatic carbocycles. The number of nitrogens with zero attached hydrogens (tertiary/aromatic N) is 2. The predicted molar refractivity (Wildman–Crippen MR) is 116 cm³/mol. The van der Waals surface area contributed by atoms with Crippen LogP contribution >= 0.6 is 0 Å². The van der Waals surface area contributed by atoms with Crippen molar-refractivity contribution in [3.63, 3.8) is 0 Å². The van der Waals surface area contributed by atoms with Crippen LogP contribution in [0, 0.1) is 11.8 Å². The van der Waals surface area contributed by atoms with Gasteiger partial charge in [0.2, 0.25) is 11.8 Å². The van der Waals surface area contributed by atoms with Gasteiger partial charge in [0.15, 0.2) is 0 Å².